The Morgan fingerprint density at radius 3 is 2.43 bits per heavy atom. The molecule has 0 bridgehead atoms. The maximum Gasteiger partial charge on any atom is 0.123 e. The average molecular weight is 190 g/mol. The molecule has 0 aliphatic rings. The summed E-state index contributed by atoms with van der Waals surface area (Å²) in [6, 6.07) is 7.05. The standard InChI is InChI=1S/C11H14N2O/c1-11(2,3)14-10-5-8(7-12)4-9(13)6-10/h4-6H,13H2,1-3H3. The second-order valence-electron chi connectivity index (χ2n) is 4.12. The number of nitrogens with two attached hydrogens (primary N) is 1. The van der Waals surface area contributed by atoms with Crippen molar-refractivity contribution in [2.75, 3.05) is 5.73 Å². The van der Waals surface area contributed by atoms with Gasteiger partial charge in [-0.3, -0.25) is 0 Å². The third-order valence-corrected chi connectivity index (χ3v) is 1.48. The van der Waals surface area contributed by atoms with Crippen LogP contribution in [0.25, 0.3) is 0 Å². The fraction of sp³-hybridized carbons (Fsp3) is 0.364. The van der Waals surface area contributed by atoms with E-state index in [1.807, 2.05) is 26.8 Å². The molecule has 0 aliphatic carbocycles. The van der Waals surface area contributed by atoms with Gasteiger partial charge in [-0.25, -0.2) is 0 Å². The number of ether oxygens (including phenoxy) is 1. The summed E-state index contributed by atoms with van der Waals surface area (Å²) in [4.78, 5) is 0. The predicted octanol–water partition coefficient (Wildman–Crippen LogP) is 2.32. The van der Waals surface area contributed by atoms with Crippen LogP contribution in [0.3, 0.4) is 0 Å². The zero-order valence-electron chi connectivity index (χ0n) is 8.66. The summed E-state index contributed by atoms with van der Waals surface area (Å²) in [5.41, 5.74) is 6.41. The Morgan fingerprint density at radius 2 is 1.93 bits per heavy atom. The summed E-state index contributed by atoms with van der Waals surface area (Å²) < 4.78 is 5.59. The number of nitriles is 1. The third kappa shape index (κ3) is 2.98. The predicted molar refractivity (Wildman–Crippen MR) is 56.0 cm³/mol. The van der Waals surface area contributed by atoms with Crippen LogP contribution >= 0.6 is 0 Å². The Bertz CT molecular complexity index is 372. The lowest BCUT2D eigenvalue weighted by Gasteiger charge is -2.21. The zero-order chi connectivity index (χ0) is 10.8. The first-order valence-electron chi connectivity index (χ1n) is 4.40. The van der Waals surface area contributed by atoms with Gasteiger partial charge in [-0.2, -0.15) is 5.26 Å². The van der Waals surface area contributed by atoms with E-state index in [4.69, 9.17) is 15.7 Å². The van der Waals surface area contributed by atoms with Crippen molar-refractivity contribution >= 4 is 5.69 Å². The highest BCUT2D eigenvalue weighted by Gasteiger charge is 2.12. The second kappa shape index (κ2) is 3.59. The summed E-state index contributed by atoms with van der Waals surface area (Å²) in [5.74, 6) is 0.633. The van der Waals surface area contributed by atoms with E-state index in [9.17, 15) is 0 Å². The minimum Gasteiger partial charge on any atom is -0.488 e. The van der Waals surface area contributed by atoms with Crippen molar-refractivity contribution in [3.8, 4) is 11.8 Å². The normalized spacial score (nSPS) is 10.7. The highest BCUT2D eigenvalue weighted by Crippen LogP contribution is 2.22. The van der Waals surface area contributed by atoms with Crippen molar-refractivity contribution < 1.29 is 4.74 Å². The molecule has 0 fully saturated rings. The SMILES string of the molecule is CC(C)(C)Oc1cc(N)cc(C#N)c1. The Labute approximate surface area is 84.1 Å². The summed E-state index contributed by atoms with van der Waals surface area (Å²) in [7, 11) is 0. The van der Waals surface area contributed by atoms with Crippen LogP contribution in [0.5, 0.6) is 5.75 Å². The highest BCUT2D eigenvalue weighted by atomic mass is 16.5. The van der Waals surface area contributed by atoms with Crippen molar-refractivity contribution in [3.05, 3.63) is 23.8 Å². The first-order valence-corrected chi connectivity index (χ1v) is 4.40. The quantitative estimate of drug-likeness (QED) is 0.691. The van der Waals surface area contributed by atoms with Crippen LogP contribution < -0.4 is 10.5 Å². The lowest BCUT2D eigenvalue weighted by molar-refractivity contribution is 0.131. The van der Waals surface area contributed by atoms with Gasteiger partial charge in [0, 0.05) is 11.8 Å². The number of nitrogens with zero attached hydrogens (tertiary/aromatic N) is 1. The Morgan fingerprint density at radius 1 is 1.29 bits per heavy atom. The van der Waals surface area contributed by atoms with Crippen LogP contribution in [-0.2, 0) is 0 Å². The lowest BCUT2D eigenvalue weighted by atomic mass is 10.1. The largest absolute Gasteiger partial charge is 0.488 e. The molecule has 1 rings (SSSR count). The molecule has 2 N–H and O–H groups in total. The molecule has 0 saturated carbocycles. The van der Waals surface area contributed by atoms with Crippen LogP contribution in [0.15, 0.2) is 18.2 Å². The maximum absolute atomic E-state index is 8.72. The molecule has 1 aromatic rings. The van der Waals surface area contributed by atoms with E-state index in [1.54, 1.807) is 18.2 Å². The first-order chi connectivity index (χ1) is 6.40. The molecule has 0 saturated heterocycles. The van der Waals surface area contributed by atoms with Gasteiger partial charge in [-0.05, 0) is 32.9 Å². The van der Waals surface area contributed by atoms with Crippen LogP contribution in [0.1, 0.15) is 26.3 Å². The highest BCUT2D eigenvalue weighted by molar-refractivity contribution is 5.51. The molecule has 0 aliphatic heterocycles. The Kier molecular flexibility index (Phi) is 2.66. The summed E-state index contributed by atoms with van der Waals surface area (Å²) in [6.07, 6.45) is 0. The van der Waals surface area contributed by atoms with Gasteiger partial charge in [0.05, 0.1) is 11.6 Å². The van der Waals surface area contributed by atoms with Gasteiger partial charge in [0.2, 0.25) is 0 Å². The van der Waals surface area contributed by atoms with Gasteiger partial charge < -0.3 is 10.5 Å². The third-order valence-electron chi connectivity index (χ3n) is 1.48. The van der Waals surface area contributed by atoms with Crippen LogP contribution in [0, 0.1) is 11.3 Å². The van der Waals surface area contributed by atoms with Crippen molar-refractivity contribution in [2.45, 2.75) is 26.4 Å². The molecule has 0 amide bonds. The molecular formula is C11H14N2O. The summed E-state index contributed by atoms with van der Waals surface area (Å²) in [5, 5.41) is 8.72. The second-order valence-corrected chi connectivity index (χ2v) is 4.12. The van der Waals surface area contributed by atoms with Crippen molar-refractivity contribution in [3.63, 3.8) is 0 Å². The van der Waals surface area contributed by atoms with Gasteiger partial charge in [-0.1, -0.05) is 0 Å². The molecule has 3 heteroatoms. The van der Waals surface area contributed by atoms with Gasteiger partial charge in [0.25, 0.3) is 0 Å². The van der Waals surface area contributed by atoms with Crippen LogP contribution in [-0.4, -0.2) is 5.60 Å². The van der Waals surface area contributed by atoms with E-state index in [0.29, 0.717) is 17.0 Å². The molecule has 0 radical (unpaired) electrons. The zero-order valence-corrected chi connectivity index (χ0v) is 8.66. The number of hydrogen-bond acceptors (Lipinski definition) is 3. The molecule has 0 aromatic heterocycles. The molecule has 0 atom stereocenters. The fourth-order valence-corrected chi connectivity index (χ4v) is 1.10. The molecule has 74 valence electrons. The monoisotopic (exact) mass is 190 g/mol. The number of benzene rings is 1. The summed E-state index contributed by atoms with van der Waals surface area (Å²) in [6.45, 7) is 5.84. The molecule has 0 heterocycles. The number of anilines is 1. The number of rotatable bonds is 1. The Balaban J connectivity index is 3.00. The first kappa shape index (κ1) is 10.4. The van der Waals surface area contributed by atoms with Crippen molar-refractivity contribution in [2.24, 2.45) is 0 Å². The Hall–Kier alpha value is -1.69. The molecule has 1 aromatic carbocycles. The van der Waals surface area contributed by atoms with Crippen LogP contribution in [0.4, 0.5) is 5.69 Å². The maximum atomic E-state index is 8.72. The van der Waals surface area contributed by atoms with E-state index in [0.717, 1.165) is 0 Å². The molecule has 0 unspecified atom stereocenters. The minimum atomic E-state index is -0.277. The average Bonchev–Trinajstić information content (AvgIpc) is 1.99. The fourth-order valence-electron chi connectivity index (χ4n) is 1.10. The van der Waals surface area contributed by atoms with E-state index in [-0.39, 0.29) is 5.60 Å². The van der Waals surface area contributed by atoms with Crippen molar-refractivity contribution in [1.29, 1.82) is 5.26 Å². The van der Waals surface area contributed by atoms with E-state index >= 15 is 0 Å². The van der Waals surface area contributed by atoms with Gasteiger partial charge >= 0.3 is 0 Å². The summed E-state index contributed by atoms with van der Waals surface area (Å²) >= 11 is 0. The number of hydrogen-bond donors (Lipinski definition) is 1. The molecule has 0 spiro atoms. The lowest BCUT2D eigenvalue weighted by Crippen LogP contribution is -2.23. The topological polar surface area (TPSA) is 59.0 Å². The van der Waals surface area contributed by atoms with E-state index in [2.05, 4.69) is 0 Å². The van der Waals surface area contributed by atoms with E-state index < -0.39 is 0 Å². The number of nitrogen functional groups attached to an aromatic ring is 1. The van der Waals surface area contributed by atoms with Gasteiger partial charge in [0.15, 0.2) is 0 Å². The van der Waals surface area contributed by atoms with Crippen molar-refractivity contribution in [1.82, 2.24) is 0 Å². The van der Waals surface area contributed by atoms with Crippen LogP contribution in [0.2, 0.25) is 0 Å². The molecule has 14 heavy (non-hydrogen) atoms. The molecular weight excluding hydrogens is 176 g/mol. The van der Waals surface area contributed by atoms with Gasteiger partial charge in [0.1, 0.15) is 11.4 Å². The van der Waals surface area contributed by atoms with Gasteiger partial charge in [-0.15, -0.1) is 0 Å². The minimum absolute atomic E-state index is 0.277. The van der Waals surface area contributed by atoms with E-state index in [1.165, 1.54) is 0 Å². The molecule has 3 nitrogen and oxygen atoms in total. The smallest absolute Gasteiger partial charge is 0.123 e.